The third kappa shape index (κ3) is 4.18. The Morgan fingerprint density at radius 1 is 0.481 bits per heavy atom. The molecule has 1 heterocycles. The van der Waals surface area contributed by atoms with Crippen molar-refractivity contribution < 1.29 is 4.42 Å². The number of anilines is 3. The lowest BCUT2D eigenvalue weighted by atomic mass is 9.78. The van der Waals surface area contributed by atoms with E-state index in [1.54, 1.807) is 0 Å². The minimum atomic E-state index is -0.147. The maximum atomic E-state index is 6.90. The highest BCUT2D eigenvalue weighted by molar-refractivity contribution is 6.11. The first-order valence-corrected chi connectivity index (χ1v) is 18.6. The molecule has 0 fully saturated rings. The molecule has 0 atom stereocenters. The highest BCUT2D eigenvalue weighted by atomic mass is 16.3. The zero-order chi connectivity index (χ0) is 35.7. The van der Waals surface area contributed by atoms with Gasteiger partial charge in [0, 0.05) is 38.5 Å². The molecule has 0 amide bonds. The fourth-order valence-electron chi connectivity index (χ4n) is 9.55. The molecule has 2 aliphatic carbocycles. The van der Waals surface area contributed by atoms with Gasteiger partial charge in [0.05, 0.1) is 5.69 Å². The van der Waals surface area contributed by atoms with Crippen LogP contribution in [-0.2, 0) is 16.2 Å². The van der Waals surface area contributed by atoms with Gasteiger partial charge in [-0.2, -0.15) is 0 Å². The van der Waals surface area contributed by atoms with Crippen molar-refractivity contribution in [2.75, 3.05) is 4.90 Å². The maximum absolute atomic E-state index is 6.90. The average Bonchev–Trinajstić information content (AvgIpc) is 3.71. The zero-order valence-corrected chi connectivity index (χ0v) is 31.1. The first kappa shape index (κ1) is 31.2. The molecule has 254 valence electrons. The van der Waals surface area contributed by atoms with Gasteiger partial charge < -0.3 is 9.32 Å². The summed E-state index contributed by atoms with van der Waals surface area (Å²) in [6, 6.07) is 49.5. The van der Waals surface area contributed by atoms with Crippen LogP contribution < -0.4 is 4.90 Å². The van der Waals surface area contributed by atoms with Gasteiger partial charge in [-0.25, -0.2) is 0 Å². The zero-order valence-electron chi connectivity index (χ0n) is 31.1. The van der Waals surface area contributed by atoms with Crippen LogP contribution in [0.25, 0.3) is 55.0 Å². The van der Waals surface area contributed by atoms with Gasteiger partial charge in [-0.05, 0) is 103 Å². The average molecular weight is 674 g/mol. The minimum Gasteiger partial charge on any atom is -0.454 e. The van der Waals surface area contributed by atoms with Crippen molar-refractivity contribution in [2.24, 2.45) is 0 Å². The van der Waals surface area contributed by atoms with Crippen molar-refractivity contribution in [2.45, 2.75) is 64.7 Å². The lowest BCUT2D eigenvalue weighted by Gasteiger charge is -2.27. The molecule has 0 spiro atoms. The Kier molecular flexibility index (Phi) is 6.28. The largest absolute Gasteiger partial charge is 0.454 e. The number of fused-ring (bicyclic) bond motifs is 11. The summed E-state index contributed by atoms with van der Waals surface area (Å²) in [6.07, 6.45) is 0. The van der Waals surface area contributed by atoms with Crippen molar-refractivity contribution in [1.29, 1.82) is 0 Å². The molecule has 0 aliphatic heterocycles. The SMILES string of the molecule is CC(C)(C)c1cccc2c1oc1c(N(c3ccccc3)c3ccc4c5c(ccc4c3)-c3cc4c(cc3C5(C)C)-c3ccccc3C4(C)C)cccc12. The number of hydrogen-bond acceptors (Lipinski definition) is 2. The van der Waals surface area contributed by atoms with Gasteiger partial charge >= 0.3 is 0 Å². The second-order valence-corrected chi connectivity index (χ2v) is 17.0. The van der Waals surface area contributed by atoms with Gasteiger partial charge in [-0.15, -0.1) is 0 Å². The summed E-state index contributed by atoms with van der Waals surface area (Å²) in [5, 5.41) is 4.84. The van der Waals surface area contributed by atoms with Gasteiger partial charge in [0.1, 0.15) is 5.58 Å². The number of para-hydroxylation sites is 3. The van der Waals surface area contributed by atoms with Crippen LogP contribution in [0.4, 0.5) is 17.1 Å². The van der Waals surface area contributed by atoms with Crippen molar-refractivity contribution >= 4 is 49.8 Å². The van der Waals surface area contributed by atoms with Crippen LogP contribution in [0, 0.1) is 0 Å². The normalized spacial score (nSPS) is 15.1. The molecule has 0 unspecified atom stereocenters. The maximum Gasteiger partial charge on any atom is 0.159 e. The second-order valence-electron chi connectivity index (χ2n) is 17.0. The highest BCUT2D eigenvalue weighted by Gasteiger charge is 2.42. The van der Waals surface area contributed by atoms with E-state index in [4.69, 9.17) is 4.42 Å². The van der Waals surface area contributed by atoms with Crippen LogP contribution in [0.15, 0.2) is 138 Å². The Balaban J connectivity index is 1.15. The molecule has 0 saturated heterocycles. The van der Waals surface area contributed by atoms with E-state index in [-0.39, 0.29) is 16.2 Å². The van der Waals surface area contributed by atoms with Crippen LogP contribution >= 0.6 is 0 Å². The van der Waals surface area contributed by atoms with Crippen LogP contribution in [0.2, 0.25) is 0 Å². The molecule has 0 radical (unpaired) electrons. The molecule has 1 aromatic heterocycles. The van der Waals surface area contributed by atoms with Crippen molar-refractivity contribution in [3.8, 4) is 22.3 Å². The number of rotatable bonds is 3. The van der Waals surface area contributed by atoms with E-state index < -0.39 is 0 Å². The molecule has 7 aromatic carbocycles. The van der Waals surface area contributed by atoms with Gasteiger partial charge in [0.2, 0.25) is 0 Å². The van der Waals surface area contributed by atoms with Gasteiger partial charge in [-0.3, -0.25) is 0 Å². The summed E-state index contributed by atoms with van der Waals surface area (Å²) in [5.41, 5.74) is 17.3. The summed E-state index contributed by atoms with van der Waals surface area (Å²) in [5.74, 6) is 0. The molecule has 10 rings (SSSR count). The van der Waals surface area contributed by atoms with Crippen LogP contribution in [0.1, 0.15) is 76.3 Å². The molecule has 8 aromatic rings. The van der Waals surface area contributed by atoms with Gasteiger partial charge in [-0.1, -0.05) is 139 Å². The molecule has 52 heavy (non-hydrogen) atoms. The Bertz CT molecular complexity index is 2770. The quantitative estimate of drug-likeness (QED) is 0.186. The molecule has 2 aliphatic rings. The number of benzene rings is 7. The van der Waals surface area contributed by atoms with Crippen LogP contribution in [0.5, 0.6) is 0 Å². The lowest BCUT2D eigenvalue weighted by Crippen LogP contribution is -2.17. The monoisotopic (exact) mass is 673 g/mol. The Hall–Kier alpha value is -5.60. The minimum absolute atomic E-state index is 0.0302. The predicted molar refractivity (Wildman–Crippen MR) is 220 cm³/mol. The lowest BCUT2D eigenvalue weighted by molar-refractivity contribution is 0.573. The van der Waals surface area contributed by atoms with E-state index in [1.165, 1.54) is 60.8 Å². The third-order valence-corrected chi connectivity index (χ3v) is 12.1. The van der Waals surface area contributed by atoms with Crippen molar-refractivity contribution in [3.05, 3.63) is 161 Å². The Morgan fingerprint density at radius 2 is 1.15 bits per heavy atom. The first-order valence-electron chi connectivity index (χ1n) is 18.6. The van der Waals surface area contributed by atoms with Gasteiger partial charge in [0.25, 0.3) is 0 Å². The smallest absolute Gasteiger partial charge is 0.159 e. The van der Waals surface area contributed by atoms with Crippen molar-refractivity contribution in [3.63, 3.8) is 0 Å². The van der Waals surface area contributed by atoms with E-state index in [9.17, 15) is 0 Å². The summed E-state index contributed by atoms with van der Waals surface area (Å²) >= 11 is 0. The van der Waals surface area contributed by atoms with E-state index in [2.05, 4.69) is 187 Å². The fourth-order valence-corrected chi connectivity index (χ4v) is 9.55. The van der Waals surface area contributed by atoms with Crippen LogP contribution in [0.3, 0.4) is 0 Å². The van der Waals surface area contributed by atoms with Crippen LogP contribution in [-0.4, -0.2) is 0 Å². The molecular formula is C50H43NO. The highest BCUT2D eigenvalue weighted by Crippen LogP contribution is 2.57. The first-order chi connectivity index (χ1) is 24.9. The Labute approximate surface area is 306 Å². The molecule has 0 bridgehead atoms. The fraction of sp³-hybridized carbons (Fsp3) is 0.200. The van der Waals surface area contributed by atoms with Crippen molar-refractivity contribution in [1.82, 2.24) is 0 Å². The van der Waals surface area contributed by atoms with E-state index in [1.807, 2.05) is 0 Å². The second kappa shape index (κ2) is 10.5. The number of furan rings is 1. The van der Waals surface area contributed by atoms with Gasteiger partial charge in [0.15, 0.2) is 5.58 Å². The molecular weight excluding hydrogens is 631 g/mol. The molecule has 0 saturated carbocycles. The summed E-state index contributed by atoms with van der Waals surface area (Å²) in [4.78, 5) is 2.36. The topological polar surface area (TPSA) is 16.4 Å². The summed E-state index contributed by atoms with van der Waals surface area (Å²) < 4.78 is 6.90. The Morgan fingerprint density at radius 3 is 1.92 bits per heavy atom. The summed E-state index contributed by atoms with van der Waals surface area (Å²) in [6.45, 7) is 16.3. The molecule has 2 heteroatoms. The standard InChI is InChI=1S/C50H43NO/c1-48(2,3)41-21-13-18-36-37-19-14-22-44(47(37)52-46(36)41)51(31-15-9-8-10-16-31)32-24-26-33-30(27-32)23-25-35-39-29-42-38(28-43(39)50(6,7)45(33)35)34-17-11-12-20-40(34)49(42,4)5/h8-29H,1-7H3. The van der Waals surface area contributed by atoms with E-state index in [0.717, 1.165) is 39.0 Å². The molecule has 2 nitrogen and oxygen atoms in total. The summed E-state index contributed by atoms with van der Waals surface area (Å²) in [7, 11) is 0. The molecule has 0 N–H and O–H groups in total. The van der Waals surface area contributed by atoms with E-state index in [0.29, 0.717) is 0 Å². The number of hydrogen-bond donors (Lipinski definition) is 0. The number of nitrogens with zero attached hydrogens (tertiary/aromatic N) is 1. The third-order valence-electron chi connectivity index (χ3n) is 12.1. The van der Waals surface area contributed by atoms with E-state index >= 15 is 0 Å². The predicted octanol–water partition coefficient (Wildman–Crippen LogP) is 14.1.